The normalized spacial score (nSPS) is 18.1. The molecule has 4 aromatic rings. The predicted molar refractivity (Wildman–Crippen MR) is 112 cm³/mol. The first-order valence-electron chi connectivity index (χ1n) is 9.55. The molecule has 4 aromatic heterocycles. The van der Waals surface area contributed by atoms with Gasteiger partial charge in [-0.2, -0.15) is 0 Å². The second-order valence-corrected chi connectivity index (χ2v) is 8.90. The molecule has 0 aliphatic carbocycles. The number of pyridine rings is 1. The van der Waals surface area contributed by atoms with Crippen LogP contribution in [0.25, 0.3) is 21.4 Å². The van der Waals surface area contributed by atoms with Gasteiger partial charge in [-0.25, -0.2) is 19.9 Å². The van der Waals surface area contributed by atoms with Crippen molar-refractivity contribution in [2.75, 3.05) is 24.6 Å². The summed E-state index contributed by atoms with van der Waals surface area (Å²) in [6, 6.07) is 4.01. The minimum atomic E-state index is -0.883. The van der Waals surface area contributed by atoms with Crippen LogP contribution >= 0.6 is 11.3 Å². The van der Waals surface area contributed by atoms with E-state index in [1.807, 2.05) is 25.4 Å². The number of aliphatic hydroxyl groups is 1. The molecule has 2 N–H and O–H groups in total. The molecule has 1 fully saturated rings. The van der Waals surface area contributed by atoms with Crippen LogP contribution in [0.4, 0.5) is 5.95 Å². The number of nitrogens with one attached hydrogen (secondary N) is 1. The van der Waals surface area contributed by atoms with E-state index in [4.69, 9.17) is 9.72 Å². The van der Waals surface area contributed by atoms with Crippen molar-refractivity contribution >= 4 is 38.7 Å². The number of aryl methyl sites for hydroxylation is 1. The van der Waals surface area contributed by atoms with E-state index < -0.39 is 5.60 Å². The Hall–Kier alpha value is -2.62. The van der Waals surface area contributed by atoms with Crippen LogP contribution < -0.4 is 4.90 Å². The summed E-state index contributed by atoms with van der Waals surface area (Å²) in [6.07, 6.45) is 3.55. The van der Waals surface area contributed by atoms with Gasteiger partial charge >= 0.3 is 0 Å². The van der Waals surface area contributed by atoms with Gasteiger partial charge in [0.15, 0.2) is 5.65 Å². The lowest BCUT2D eigenvalue weighted by molar-refractivity contribution is 0.0391. The molecule has 0 aromatic carbocycles. The number of anilines is 1. The Morgan fingerprint density at radius 3 is 2.93 bits per heavy atom. The number of aromatic amines is 1. The molecule has 0 amide bonds. The van der Waals surface area contributed by atoms with Crippen LogP contribution in [-0.2, 0) is 10.3 Å². The molecule has 8 nitrogen and oxygen atoms in total. The van der Waals surface area contributed by atoms with Gasteiger partial charge in [-0.1, -0.05) is 0 Å². The van der Waals surface area contributed by atoms with E-state index in [9.17, 15) is 5.11 Å². The maximum atomic E-state index is 10.3. The minimum absolute atomic E-state index is 0.112. The summed E-state index contributed by atoms with van der Waals surface area (Å²) in [6.45, 7) is 7.45. The number of nitrogens with zero attached hydrogens (tertiary/aromatic N) is 5. The highest BCUT2D eigenvalue weighted by molar-refractivity contribution is 7.18. The Labute approximate surface area is 171 Å². The van der Waals surface area contributed by atoms with E-state index in [-0.39, 0.29) is 6.10 Å². The molecule has 1 aliphatic heterocycles. The zero-order chi connectivity index (χ0) is 20.2. The fourth-order valence-electron chi connectivity index (χ4n) is 3.52. The number of rotatable bonds is 3. The molecule has 0 bridgehead atoms. The lowest BCUT2D eigenvalue weighted by atomic mass is 10.1. The first kappa shape index (κ1) is 18.4. The summed E-state index contributed by atoms with van der Waals surface area (Å²) < 4.78 is 6.01. The summed E-state index contributed by atoms with van der Waals surface area (Å²) in [7, 11) is 0. The summed E-state index contributed by atoms with van der Waals surface area (Å²) in [5.41, 5.74) is 1.75. The van der Waals surface area contributed by atoms with Crippen molar-refractivity contribution in [3.05, 3.63) is 40.8 Å². The molecule has 1 unspecified atom stereocenters. The smallest absolute Gasteiger partial charge is 0.226 e. The Morgan fingerprint density at radius 2 is 2.10 bits per heavy atom. The highest BCUT2D eigenvalue weighted by Crippen LogP contribution is 2.33. The van der Waals surface area contributed by atoms with Gasteiger partial charge in [0.25, 0.3) is 0 Å². The van der Waals surface area contributed by atoms with Crippen molar-refractivity contribution in [3.63, 3.8) is 0 Å². The largest absolute Gasteiger partial charge is 0.385 e. The highest BCUT2D eigenvalue weighted by Gasteiger charge is 2.26. The monoisotopic (exact) mass is 410 g/mol. The van der Waals surface area contributed by atoms with Gasteiger partial charge in [-0.3, -0.25) is 0 Å². The lowest BCUT2D eigenvalue weighted by Gasteiger charge is -2.33. The Bertz CT molecular complexity index is 1190. The Kier molecular flexibility index (Phi) is 4.27. The molecule has 5 heterocycles. The number of fused-ring (bicyclic) bond motifs is 2. The molecular weight excluding hydrogens is 388 g/mol. The molecule has 1 aliphatic rings. The molecular formula is C20H22N6O2S. The topological polar surface area (TPSA) is 100 Å². The number of morpholine rings is 1. The van der Waals surface area contributed by atoms with Gasteiger partial charge in [-0.15, -0.1) is 11.3 Å². The highest BCUT2D eigenvalue weighted by atomic mass is 32.1. The predicted octanol–water partition coefficient (Wildman–Crippen LogP) is 3.08. The van der Waals surface area contributed by atoms with Crippen LogP contribution in [-0.4, -0.2) is 49.7 Å². The zero-order valence-electron chi connectivity index (χ0n) is 16.5. The van der Waals surface area contributed by atoms with E-state index in [0.717, 1.165) is 38.5 Å². The molecule has 9 heteroatoms. The number of aromatic nitrogens is 5. The molecule has 0 spiro atoms. The quantitative estimate of drug-likeness (QED) is 0.535. The SMILES string of the molecule is Cc1nc2ncc(C3CN(c4ncc5cc(C(C)(C)O)sc5n4)CCO3)cc2[nH]1. The van der Waals surface area contributed by atoms with E-state index in [1.165, 1.54) is 11.3 Å². The second kappa shape index (κ2) is 6.72. The summed E-state index contributed by atoms with van der Waals surface area (Å²) >= 11 is 1.50. The van der Waals surface area contributed by atoms with Crippen molar-refractivity contribution in [2.45, 2.75) is 32.5 Å². The van der Waals surface area contributed by atoms with Crippen LogP contribution in [0.2, 0.25) is 0 Å². The number of ether oxygens (including phenoxy) is 1. The van der Waals surface area contributed by atoms with Gasteiger partial charge < -0.3 is 19.7 Å². The van der Waals surface area contributed by atoms with Crippen molar-refractivity contribution in [3.8, 4) is 0 Å². The van der Waals surface area contributed by atoms with Crippen LogP contribution in [0.5, 0.6) is 0 Å². The summed E-state index contributed by atoms with van der Waals surface area (Å²) in [5.74, 6) is 1.53. The minimum Gasteiger partial charge on any atom is -0.385 e. The summed E-state index contributed by atoms with van der Waals surface area (Å²) in [4.78, 5) is 25.2. The number of thiophene rings is 1. The third-order valence-corrected chi connectivity index (χ3v) is 6.42. The second-order valence-electron chi connectivity index (χ2n) is 7.87. The third-order valence-electron chi connectivity index (χ3n) is 5.06. The van der Waals surface area contributed by atoms with Crippen LogP contribution in [0, 0.1) is 6.92 Å². The van der Waals surface area contributed by atoms with Crippen molar-refractivity contribution in [1.29, 1.82) is 0 Å². The van der Waals surface area contributed by atoms with E-state index >= 15 is 0 Å². The lowest BCUT2D eigenvalue weighted by Crippen LogP contribution is -2.39. The number of hydrogen-bond acceptors (Lipinski definition) is 8. The standard InChI is InChI=1S/C20H22N6O2S/c1-11-23-14-6-12(8-21-17(14)24-11)15-10-26(4-5-28-15)19-22-9-13-7-16(20(2,3)27)29-18(13)25-19/h6-9,15,27H,4-5,10H2,1-3H3,(H,21,23,24). The molecule has 1 saturated heterocycles. The van der Waals surface area contributed by atoms with E-state index in [1.54, 1.807) is 13.8 Å². The van der Waals surface area contributed by atoms with Crippen molar-refractivity contribution in [1.82, 2.24) is 24.9 Å². The maximum Gasteiger partial charge on any atom is 0.226 e. The van der Waals surface area contributed by atoms with E-state index in [0.29, 0.717) is 24.7 Å². The fourth-order valence-corrected chi connectivity index (χ4v) is 4.52. The van der Waals surface area contributed by atoms with Gasteiger partial charge in [0.1, 0.15) is 16.8 Å². The first-order valence-corrected chi connectivity index (χ1v) is 10.4. The van der Waals surface area contributed by atoms with Gasteiger partial charge in [0.2, 0.25) is 5.95 Å². The number of hydrogen-bond donors (Lipinski definition) is 2. The third kappa shape index (κ3) is 3.45. The number of imidazole rings is 1. The van der Waals surface area contributed by atoms with Crippen molar-refractivity contribution < 1.29 is 9.84 Å². The zero-order valence-corrected chi connectivity index (χ0v) is 17.3. The fraction of sp³-hybridized carbons (Fsp3) is 0.400. The molecule has 1 atom stereocenters. The molecule has 29 heavy (non-hydrogen) atoms. The molecule has 5 rings (SSSR count). The van der Waals surface area contributed by atoms with Crippen LogP contribution in [0.3, 0.4) is 0 Å². The van der Waals surface area contributed by atoms with Gasteiger partial charge in [0, 0.05) is 34.8 Å². The Morgan fingerprint density at radius 1 is 1.24 bits per heavy atom. The Balaban J connectivity index is 1.42. The first-order chi connectivity index (χ1) is 13.9. The average Bonchev–Trinajstić information content (AvgIpc) is 3.29. The maximum absolute atomic E-state index is 10.3. The van der Waals surface area contributed by atoms with Gasteiger partial charge in [0.05, 0.1) is 24.3 Å². The summed E-state index contributed by atoms with van der Waals surface area (Å²) in [5, 5.41) is 11.2. The number of H-pyrrole nitrogens is 1. The van der Waals surface area contributed by atoms with Crippen LogP contribution in [0.15, 0.2) is 24.5 Å². The van der Waals surface area contributed by atoms with Crippen LogP contribution in [0.1, 0.15) is 36.2 Å². The van der Waals surface area contributed by atoms with Gasteiger partial charge in [-0.05, 0) is 32.9 Å². The molecule has 150 valence electrons. The molecule has 0 saturated carbocycles. The van der Waals surface area contributed by atoms with E-state index in [2.05, 4.69) is 30.9 Å². The molecule has 0 radical (unpaired) electrons. The average molecular weight is 411 g/mol. The van der Waals surface area contributed by atoms with Crippen molar-refractivity contribution in [2.24, 2.45) is 0 Å².